The van der Waals surface area contributed by atoms with Crippen LogP contribution in [0, 0.1) is 10.1 Å². The van der Waals surface area contributed by atoms with Crippen molar-refractivity contribution in [1.82, 2.24) is 19.7 Å². The molecule has 9 nitrogen and oxygen atoms in total. The summed E-state index contributed by atoms with van der Waals surface area (Å²) in [7, 11) is 0. The van der Waals surface area contributed by atoms with Gasteiger partial charge in [-0.1, -0.05) is 67.6 Å². The van der Waals surface area contributed by atoms with Gasteiger partial charge in [-0.05, 0) is 53.6 Å². The Morgan fingerprint density at radius 3 is 2.27 bits per heavy atom. The molecule has 2 aromatic heterocycles. The Balaban J connectivity index is 1.73. The van der Waals surface area contributed by atoms with E-state index in [2.05, 4.69) is 15.2 Å². The zero-order valence-corrected chi connectivity index (χ0v) is 22.3. The zero-order valence-electron chi connectivity index (χ0n) is 21.5. The van der Waals surface area contributed by atoms with Crippen molar-refractivity contribution in [2.45, 2.75) is 24.9 Å². The summed E-state index contributed by atoms with van der Waals surface area (Å²) in [5, 5.41) is 28.8. The van der Waals surface area contributed by atoms with Crippen LogP contribution in [-0.2, 0) is 11.2 Å². The van der Waals surface area contributed by atoms with Gasteiger partial charge in [-0.3, -0.25) is 15.2 Å². The second-order valence-corrected chi connectivity index (χ2v) is 9.91. The molecule has 2 heterocycles. The monoisotopic (exact) mass is 551 g/mol. The number of nitro benzene ring substituents is 1. The van der Waals surface area contributed by atoms with Gasteiger partial charge in [0.25, 0.3) is 5.69 Å². The maximum absolute atomic E-state index is 12.4. The van der Waals surface area contributed by atoms with Gasteiger partial charge < -0.3 is 9.67 Å². The lowest BCUT2D eigenvalue weighted by atomic mass is 10.1. The number of H-pyrrole nitrogens is 1. The van der Waals surface area contributed by atoms with Gasteiger partial charge in [0.15, 0.2) is 0 Å². The molecule has 0 aliphatic rings. The number of aromatic amines is 1. The molecule has 0 spiro atoms. The van der Waals surface area contributed by atoms with E-state index >= 15 is 0 Å². The predicted molar refractivity (Wildman–Crippen MR) is 155 cm³/mol. The van der Waals surface area contributed by atoms with E-state index < -0.39 is 10.9 Å². The van der Waals surface area contributed by atoms with E-state index in [9.17, 15) is 20.0 Å². The van der Waals surface area contributed by atoms with Crippen molar-refractivity contribution in [3.63, 3.8) is 0 Å². The van der Waals surface area contributed by atoms with Crippen LogP contribution in [0.1, 0.15) is 24.7 Å². The average molecular weight is 552 g/mol. The lowest BCUT2D eigenvalue weighted by molar-refractivity contribution is -0.384. The number of hydrogen-bond donors (Lipinski definition) is 2. The molecule has 5 rings (SSSR count). The van der Waals surface area contributed by atoms with Gasteiger partial charge in [-0.25, -0.2) is 9.78 Å². The molecule has 0 bridgehead atoms. The van der Waals surface area contributed by atoms with Crippen molar-refractivity contribution in [3.8, 4) is 28.2 Å². The Morgan fingerprint density at radius 1 is 1.02 bits per heavy atom. The van der Waals surface area contributed by atoms with Gasteiger partial charge in [0.1, 0.15) is 10.7 Å². The number of nitrogens with zero attached hydrogens (tertiary/aromatic N) is 4. The number of rotatable bonds is 10. The van der Waals surface area contributed by atoms with Gasteiger partial charge in [-0.2, -0.15) is 0 Å². The largest absolute Gasteiger partial charge is 0.477 e. The summed E-state index contributed by atoms with van der Waals surface area (Å²) in [6, 6.07) is 27.6. The van der Waals surface area contributed by atoms with Crippen LogP contribution in [0.5, 0.6) is 0 Å². The molecule has 0 fully saturated rings. The van der Waals surface area contributed by atoms with Crippen LogP contribution in [-0.4, -0.2) is 35.7 Å². The highest BCUT2D eigenvalue weighted by atomic mass is 32.2. The lowest BCUT2D eigenvalue weighted by Gasteiger charge is -2.15. The van der Waals surface area contributed by atoms with E-state index in [1.165, 1.54) is 12.1 Å². The molecule has 3 aromatic carbocycles. The SMILES string of the molecule is CCCc1nc(S/C(=C\c2cc(-c3ccccc3)n(-c3ccc([N+](=O)[O-])cc3)c2-c2ccccc2)C(=O)O)n[nH]1. The van der Waals surface area contributed by atoms with Crippen LogP contribution in [0.3, 0.4) is 0 Å². The minimum atomic E-state index is -1.10. The molecule has 2 N–H and O–H groups in total. The zero-order chi connectivity index (χ0) is 28.1. The van der Waals surface area contributed by atoms with Gasteiger partial charge >= 0.3 is 5.97 Å². The first-order valence-corrected chi connectivity index (χ1v) is 13.4. The number of nitro groups is 1. The predicted octanol–water partition coefficient (Wildman–Crippen LogP) is 7.01. The third kappa shape index (κ3) is 5.71. The third-order valence-corrected chi connectivity index (χ3v) is 7.04. The summed E-state index contributed by atoms with van der Waals surface area (Å²) in [6.07, 6.45) is 3.23. The van der Waals surface area contributed by atoms with E-state index in [4.69, 9.17) is 0 Å². The van der Waals surface area contributed by atoms with Crippen LogP contribution in [0.4, 0.5) is 5.69 Å². The number of nitrogens with one attached hydrogen (secondary N) is 1. The number of carboxylic acid groups (broad SMARTS) is 1. The van der Waals surface area contributed by atoms with Gasteiger partial charge in [0.05, 0.1) is 16.3 Å². The maximum Gasteiger partial charge on any atom is 0.342 e. The molecular formula is C30H25N5O4S. The molecule has 200 valence electrons. The van der Waals surface area contributed by atoms with Crippen LogP contribution in [0.15, 0.2) is 101 Å². The summed E-state index contributed by atoms with van der Waals surface area (Å²) in [5.74, 6) is -0.398. The summed E-state index contributed by atoms with van der Waals surface area (Å²) in [6.45, 7) is 2.03. The Bertz CT molecular complexity index is 1680. The Hall–Kier alpha value is -4.96. The highest BCUT2D eigenvalue weighted by Gasteiger charge is 2.22. The fourth-order valence-corrected chi connectivity index (χ4v) is 5.11. The maximum atomic E-state index is 12.4. The van der Waals surface area contributed by atoms with Crippen molar-refractivity contribution in [2.75, 3.05) is 0 Å². The molecule has 0 amide bonds. The van der Waals surface area contributed by atoms with Crippen molar-refractivity contribution in [3.05, 3.63) is 117 Å². The molecule has 10 heteroatoms. The summed E-state index contributed by atoms with van der Waals surface area (Å²) >= 11 is 0.978. The minimum Gasteiger partial charge on any atom is -0.477 e. The van der Waals surface area contributed by atoms with E-state index in [0.29, 0.717) is 22.2 Å². The number of carboxylic acids is 1. The van der Waals surface area contributed by atoms with Crippen molar-refractivity contribution in [1.29, 1.82) is 0 Å². The summed E-state index contributed by atoms with van der Waals surface area (Å²) in [4.78, 5) is 27.8. The molecular weight excluding hydrogens is 526 g/mol. The number of benzene rings is 3. The first-order valence-electron chi connectivity index (χ1n) is 12.6. The number of thioether (sulfide) groups is 1. The Kier molecular flexibility index (Phi) is 7.88. The molecule has 40 heavy (non-hydrogen) atoms. The number of aliphatic carboxylic acids is 1. The van der Waals surface area contributed by atoms with E-state index in [0.717, 1.165) is 47.1 Å². The lowest BCUT2D eigenvalue weighted by Crippen LogP contribution is -2.01. The Morgan fingerprint density at radius 2 is 1.68 bits per heavy atom. The number of carbonyl (C=O) groups is 1. The van der Waals surface area contributed by atoms with Crippen LogP contribution in [0.2, 0.25) is 0 Å². The molecule has 0 saturated heterocycles. The summed E-state index contributed by atoms with van der Waals surface area (Å²) < 4.78 is 2.00. The van der Waals surface area contributed by atoms with Crippen LogP contribution in [0.25, 0.3) is 34.3 Å². The summed E-state index contributed by atoms with van der Waals surface area (Å²) in [5.41, 5.74) is 4.65. The van der Waals surface area contributed by atoms with Crippen molar-refractivity contribution < 1.29 is 14.8 Å². The molecule has 0 radical (unpaired) electrons. The smallest absolute Gasteiger partial charge is 0.342 e. The number of aromatic nitrogens is 4. The molecule has 0 unspecified atom stereocenters. The van der Waals surface area contributed by atoms with Gasteiger partial charge in [-0.15, -0.1) is 5.10 Å². The molecule has 5 aromatic rings. The number of non-ortho nitro benzene ring substituents is 1. The first kappa shape index (κ1) is 26.6. The number of aryl methyl sites for hydroxylation is 1. The second-order valence-electron chi connectivity index (χ2n) is 8.90. The minimum absolute atomic E-state index is 0.0166. The molecule has 0 aliphatic heterocycles. The fourth-order valence-electron chi connectivity index (χ4n) is 4.39. The van der Waals surface area contributed by atoms with E-state index in [-0.39, 0.29) is 10.6 Å². The van der Waals surface area contributed by atoms with Gasteiger partial charge in [0, 0.05) is 29.8 Å². The van der Waals surface area contributed by atoms with E-state index in [1.807, 2.05) is 78.2 Å². The topological polar surface area (TPSA) is 127 Å². The van der Waals surface area contributed by atoms with Gasteiger partial charge in [0.2, 0.25) is 5.16 Å². The van der Waals surface area contributed by atoms with E-state index in [1.54, 1.807) is 18.2 Å². The van der Waals surface area contributed by atoms with Crippen molar-refractivity contribution >= 4 is 29.5 Å². The molecule has 0 saturated carbocycles. The van der Waals surface area contributed by atoms with Crippen LogP contribution >= 0.6 is 11.8 Å². The normalized spacial score (nSPS) is 11.5. The first-order chi connectivity index (χ1) is 19.4. The molecule has 0 atom stereocenters. The third-order valence-electron chi connectivity index (χ3n) is 6.16. The average Bonchev–Trinajstić information content (AvgIpc) is 3.58. The number of hydrogen-bond acceptors (Lipinski definition) is 6. The standard InChI is InChI=1S/C30H25N5O4S/c1-2-9-27-31-30(33-32-27)40-26(29(36)37)19-22-18-25(20-10-5-3-6-11-20)34(28(22)21-12-7-4-8-13-21)23-14-16-24(17-15-23)35(38)39/h3-8,10-19H,2,9H2,1H3,(H,36,37)(H,31,32,33)/b26-19-. The quantitative estimate of drug-likeness (QED) is 0.0827. The fraction of sp³-hybridized carbons (Fsp3) is 0.100. The Labute approximate surface area is 234 Å². The van der Waals surface area contributed by atoms with Crippen molar-refractivity contribution in [2.24, 2.45) is 0 Å². The second kappa shape index (κ2) is 11.8. The highest BCUT2D eigenvalue weighted by molar-refractivity contribution is 8.04. The molecule has 0 aliphatic carbocycles. The highest BCUT2D eigenvalue weighted by Crippen LogP contribution is 2.39. The van der Waals surface area contributed by atoms with Crippen LogP contribution < -0.4 is 0 Å².